The summed E-state index contributed by atoms with van der Waals surface area (Å²) in [5, 5.41) is 13.4. The SMILES string of the molecule is CCn1cnnc1CNC(=O)NC[C@@H]1COC2(CCCC2)O1. The molecule has 1 spiro atoms. The summed E-state index contributed by atoms with van der Waals surface area (Å²) in [4.78, 5) is 11.8. The van der Waals surface area contributed by atoms with Crippen LogP contribution in [-0.2, 0) is 22.6 Å². The number of hydrogen-bond acceptors (Lipinski definition) is 5. The van der Waals surface area contributed by atoms with E-state index >= 15 is 0 Å². The van der Waals surface area contributed by atoms with Crippen LogP contribution < -0.4 is 10.6 Å². The van der Waals surface area contributed by atoms with Gasteiger partial charge < -0.3 is 24.7 Å². The maximum atomic E-state index is 11.8. The molecule has 8 nitrogen and oxygen atoms in total. The summed E-state index contributed by atoms with van der Waals surface area (Å²) in [7, 11) is 0. The van der Waals surface area contributed by atoms with Crippen molar-refractivity contribution < 1.29 is 14.3 Å². The Balaban J connectivity index is 1.38. The summed E-state index contributed by atoms with van der Waals surface area (Å²) < 4.78 is 13.6. The predicted octanol–water partition coefficient (Wildman–Crippen LogP) is 0.783. The number of ether oxygens (including phenoxy) is 2. The van der Waals surface area contributed by atoms with Gasteiger partial charge in [0.05, 0.1) is 13.2 Å². The Hall–Kier alpha value is -1.67. The van der Waals surface area contributed by atoms with Crippen molar-refractivity contribution >= 4 is 6.03 Å². The minimum absolute atomic E-state index is 0.0665. The first-order chi connectivity index (χ1) is 10.7. The number of urea groups is 1. The van der Waals surface area contributed by atoms with Crippen LogP contribution in [0.25, 0.3) is 0 Å². The third kappa shape index (κ3) is 3.38. The average Bonchev–Trinajstić information content (AvgIpc) is 3.25. The molecule has 2 heterocycles. The lowest BCUT2D eigenvalue weighted by molar-refractivity contribution is -0.160. The van der Waals surface area contributed by atoms with E-state index in [0.717, 1.165) is 38.1 Å². The number of carbonyl (C=O) groups is 1. The molecule has 22 heavy (non-hydrogen) atoms. The van der Waals surface area contributed by atoms with Crippen molar-refractivity contribution in [3.05, 3.63) is 12.2 Å². The molecule has 0 aromatic carbocycles. The van der Waals surface area contributed by atoms with Gasteiger partial charge in [-0.05, 0) is 19.8 Å². The van der Waals surface area contributed by atoms with Gasteiger partial charge in [0, 0.05) is 25.9 Å². The lowest BCUT2D eigenvalue weighted by Gasteiger charge is -2.21. The van der Waals surface area contributed by atoms with Crippen LogP contribution in [0.3, 0.4) is 0 Å². The third-order valence-corrected chi connectivity index (χ3v) is 4.21. The summed E-state index contributed by atoms with van der Waals surface area (Å²) in [5.41, 5.74) is 0. The monoisotopic (exact) mass is 309 g/mol. The van der Waals surface area contributed by atoms with E-state index < -0.39 is 0 Å². The van der Waals surface area contributed by atoms with Crippen molar-refractivity contribution in [1.82, 2.24) is 25.4 Å². The quantitative estimate of drug-likeness (QED) is 0.839. The van der Waals surface area contributed by atoms with Crippen LogP contribution in [0.1, 0.15) is 38.4 Å². The van der Waals surface area contributed by atoms with Crippen molar-refractivity contribution in [2.24, 2.45) is 0 Å². The Morgan fingerprint density at radius 2 is 2.27 bits per heavy atom. The highest BCUT2D eigenvalue weighted by molar-refractivity contribution is 5.73. The fraction of sp³-hybridized carbons (Fsp3) is 0.786. The van der Waals surface area contributed by atoms with E-state index in [1.807, 2.05) is 11.5 Å². The Labute approximate surface area is 129 Å². The number of carbonyl (C=O) groups excluding carboxylic acids is 1. The minimum Gasteiger partial charge on any atom is -0.347 e. The lowest BCUT2D eigenvalue weighted by Crippen LogP contribution is -2.41. The molecule has 2 N–H and O–H groups in total. The summed E-state index contributed by atoms with van der Waals surface area (Å²) in [6, 6.07) is -0.235. The Morgan fingerprint density at radius 1 is 1.45 bits per heavy atom. The van der Waals surface area contributed by atoms with Crippen LogP contribution in [-0.4, -0.2) is 45.8 Å². The molecule has 1 aliphatic heterocycles. The topological polar surface area (TPSA) is 90.3 Å². The van der Waals surface area contributed by atoms with Gasteiger partial charge in [-0.15, -0.1) is 10.2 Å². The largest absolute Gasteiger partial charge is 0.347 e. The first-order valence-electron chi connectivity index (χ1n) is 7.91. The molecule has 0 bridgehead atoms. The molecule has 8 heteroatoms. The van der Waals surface area contributed by atoms with Crippen molar-refractivity contribution in [2.75, 3.05) is 13.2 Å². The second-order valence-corrected chi connectivity index (χ2v) is 5.77. The molecular weight excluding hydrogens is 286 g/mol. The van der Waals surface area contributed by atoms with E-state index in [1.165, 1.54) is 0 Å². The van der Waals surface area contributed by atoms with Gasteiger partial charge >= 0.3 is 6.03 Å². The number of rotatable bonds is 5. The maximum absolute atomic E-state index is 11.8. The first kappa shape index (κ1) is 15.2. The van der Waals surface area contributed by atoms with E-state index in [1.54, 1.807) is 6.33 Å². The third-order valence-electron chi connectivity index (χ3n) is 4.21. The lowest BCUT2D eigenvalue weighted by atomic mass is 10.2. The van der Waals surface area contributed by atoms with Gasteiger partial charge in [0.15, 0.2) is 11.6 Å². The van der Waals surface area contributed by atoms with Crippen molar-refractivity contribution in [3.63, 3.8) is 0 Å². The normalized spacial score (nSPS) is 23.0. The highest BCUT2D eigenvalue weighted by atomic mass is 16.7. The van der Waals surface area contributed by atoms with Gasteiger partial charge in [0.25, 0.3) is 0 Å². The van der Waals surface area contributed by atoms with Crippen LogP contribution in [0, 0.1) is 0 Å². The fourth-order valence-electron chi connectivity index (χ4n) is 3.00. The molecule has 1 atom stereocenters. The highest BCUT2D eigenvalue weighted by Crippen LogP contribution is 2.38. The molecule has 122 valence electrons. The second-order valence-electron chi connectivity index (χ2n) is 5.77. The van der Waals surface area contributed by atoms with Gasteiger partial charge in [0.1, 0.15) is 12.4 Å². The standard InChI is InChI=1S/C14H23N5O3/c1-2-19-10-17-18-12(19)8-16-13(20)15-7-11-9-21-14(22-11)5-3-4-6-14/h10-11H,2-9H2,1H3,(H2,15,16,20)/t11-/m1/s1. The van der Waals surface area contributed by atoms with E-state index in [9.17, 15) is 4.79 Å². The van der Waals surface area contributed by atoms with Crippen molar-refractivity contribution in [1.29, 1.82) is 0 Å². The molecule has 3 rings (SSSR count). The zero-order chi connectivity index (χ0) is 15.4. The van der Waals surface area contributed by atoms with E-state index in [0.29, 0.717) is 19.7 Å². The van der Waals surface area contributed by atoms with Crippen molar-refractivity contribution in [2.45, 2.75) is 57.6 Å². The molecule has 1 saturated heterocycles. The number of hydrogen-bond donors (Lipinski definition) is 2. The predicted molar refractivity (Wildman–Crippen MR) is 78.0 cm³/mol. The molecule has 1 saturated carbocycles. The summed E-state index contributed by atoms with van der Waals surface area (Å²) in [6.07, 6.45) is 5.81. The van der Waals surface area contributed by atoms with Gasteiger partial charge in [-0.1, -0.05) is 0 Å². The number of aryl methyl sites for hydroxylation is 1. The van der Waals surface area contributed by atoms with Gasteiger partial charge in [0.2, 0.25) is 0 Å². The average molecular weight is 309 g/mol. The van der Waals surface area contributed by atoms with Crippen LogP contribution in [0.4, 0.5) is 4.79 Å². The summed E-state index contributed by atoms with van der Waals surface area (Å²) in [5.74, 6) is 0.364. The molecule has 2 amide bonds. The molecule has 2 aliphatic rings. The first-order valence-corrected chi connectivity index (χ1v) is 7.91. The maximum Gasteiger partial charge on any atom is 0.315 e. The Bertz CT molecular complexity index is 512. The molecule has 0 unspecified atom stereocenters. The molecule has 1 aliphatic carbocycles. The van der Waals surface area contributed by atoms with E-state index in [4.69, 9.17) is 9.47 Å². The van der Waals surface area contributed by atoms with E-state index in [2.05, 4.69) is 20.8 Å². The zero-order valence-corrected chi connectivity index (χ0v) is 12.9. The second kappa shape index (κ2) is 6.62. The Kier molecular flexibility index (Phi) is 4.58. The van der Waals surface area contributed by atoms with Crippen molar-refractivity contribution in [3.8, 4) is 0 Å². The summed E-state index contributed by atoms with van der Waals surface area (Å²) >= 11 is 0. The highest BCUT2D eigenvalue weighted by Gasteiger charge is 2.43. The molecule has 1 aromatic rings. The number of nitrogens with zero attached hydrogens (tertiary/aromatic N) is 3. The molecule has 1 aromatic heterocycles. The van der Waals surface area contributed by atoms with Gasteiger partial charge in [-0.2, -0.15) is 0 Å². The van der Waals surface area contributed by atoms with Crippen LogP contribution in [0.2, 0.25) is 0 Å². The fourth-order valence-corrected chi connectivity index (χ4v) is 3.00. The number of nitrogens with one attached hydrogen (secondary N) is 2. The van der Waals surface area contributed by atoms with Crippen LogP contribution in [0.5, 0.6) is 0 Å². The smallest absolute Gasteiger partial charge is 0.315 e. The van der Waals surface area contributed by atoms with Crippen LogP contribution >= 0.6 is 0 Å². The molecule has 2 fully saturated rings. The van der Waals surface area contributed by atoms with E-state index in [-0.39, 0.29) is 17.9 Å². The minimum atomic E-state index is -0.375. The van der Waals surface area contributed by atoms with Gasteiger partial charge in [-0.3, -0.25) is 0 Å². The molecule has 0 radical (unpaired) electrons. The summed E-state index contributed by atoms with van der Waals surface area (Å²) in [6.45, 7) is 4.13. The van der Waals surface area contributed by atoms with Gasteiger partial charge in [-0.25, -0.2) is 4.79 Å². The van der Waals surface area contributed by atoms with Crippen LogP contribution in [0.15, 0.2) is 6.33 Å². The number of aromatic nitrogens is 3. The Morgan fingerprint density at radius 3 is 3.05 bits per heavy atom. The molecular formula is C14H23N5O3. The zero-order valence-electron chi connectivity index (χ0n) is 12.9. The number of amides is 2.